The molecule has 1 amide bonds. The second-order valence-corrected chi connectivity index (χ2v) is 6.43. The lowest BCUT2D eigenvalue weighted by atomic mass is 10.2. The second kappa shape index (κ2) is 9.43. The molecule has 118 valence electrons. The maximum atomic E-state index is 11.9. The lowest BCUT2D eigenvalue weighted by molar-refractivity contribution is -0.127. The fraction of sp³-hybridized carbons (Fsp3) is 0.533. The van der Waals surface area contributed by atoms with Crippen LogP contribution in [0.25, 0.3) is 0 Å². The van der Waals surface area contributed by atoms with Crippen LogP contribution < -0.4 is 15.4 Å². The van der Waals surface area contributed by atoms with Gasteiger partial charge < -0.3 is 15.4 Å². The predicted molar refractivity (Wildman–Crippen MR) is 92.6 cm³/mol. The van der Waals surface area contributed by atoms with Gasteiger partial charge in [-0.3, -0.25) is 4.79 Å². The van der Waals surface area contributed by atoms with Crippen LogP contribution in [0, 0.1) is 0 Å². The van der Waals surface area contributed by atoms with Crippen LogP contribution in [-0.4, -0.2) is 25.1 Å². The summed E-state index contributed by atoms with van der Waals surface area (Å²) in [4.78, 5) is 11.9. The zero-order valence-corrected chi connectivity index (χ0v) is 15.8. The molecular weight excluding hydrogens is 400 g/mol. The standard InChI is InChI=1S/C15H22Br2N2O2/c1-4-6-19-15(20)10(3)21-14-12(16)7-11(8-13(14)17)9-18-5-2/h7-8,10,18H,4-6,9H2,1-3H3,(H,19,20). The van der Waals surface area contributed by atoms with E-state index >= 15 is 0 Å². The molecule has 0 aliphatic rings. The number of carbonyl (C=O) groups excluding carboxylic acids is 1. The van der Waals surface area contributed by atoms with Gasteiger partial charge in [0, 0.05) is 13.1 Å². The Morgan fingerprint density at radius 1 is 1.29 bits per heavy atom. The average molecular weight is 422 g/mol. The Balaban J connectivity index is 2.76. The molecule has 0 spiro atoms. The molecule has 0 radical (unpaired) electrons. The summed E-state index contributed by atoms with van der Waals surface area (Å²) in [5.41, 5.74) is 1.14. The molecule has 1 aromatic carbocycles. The van der Waals surface area contributed by atoms with Gasteiger partial charge in [0.25, 0.3) is 5.91 Å². The van der Waals surface area contributed by atoms with Crippen LogP contribution in [0.5, 0.6) is 5.75 Å². The Kier molecular flexibility index (Phi) is 8.29. The fourth-order valence-electron chi connectivity index (χ4n) is 1.72. The molecule has 0 heterocycles. The van der Waals surface area contributed by atoms with Gasteiger partial charge in [-0.1, -0.05) is 13.8 Å². The molecule has 0 aliphatic heterocycles. The number of nitrogens with one attached hydrogen (secondary N) is 2. The molecule has 4 nitrogen and oxygen atoms in total. The first-order valence-corrected chi connectivity index (χ1v) is 8.71. The number of amides is 1. The highest BCUT2D eigenvalue weighted by Crippen LogP contribution is 2.35. The molecule has 0 bridgehead atoms. The number of carbonyl (C=O) groups is 1. The topological polar surface area (TPSA) is 50.4 Å². The molecule has 6 heteroatoms. The molecule has 0 saturated carbocycles. The molecule has 2 N–H and O–H groups in total. The number of ether oxygens (including phenoxy) is 1. The van der Waals surface area contributed by atoms with Crippen LogP contribution in [0.4, 0.5) is 0 Å². The summed E-state index contributed by atoms with van der Waals surface area (Å²) in [5, 5.41) is 6.10. The third-order valence-electron chi connectivity index (χ3n) is 2.85. The monoisotopic (exact) mass is 420 g/mol. The van der Waals surface area contributed by atoms with Gasteiger partial charge in [0.1, 0.15) is 5.75 Å². The third kappa shape index (κ3) is 5.96. The van der Waals surface area contributed by atoms with Crippen molar-refractivity contribution in [2.45, 2.75) is 39.8 Å². The van der Waals surface area contributed by atoms with Crippen LogP contribution in [0.2, 0.25) is 0 Å². The van der Waals surface area contributed by atoms with Gasteiger partial charge >= 0.3 is 0 Å². The first-order valence-electron chi connectivity index (χ1n) is 7.12. The fourth-order valence-corrected chi connectivity index (χ4v) is 3.19. The first kappa shape index (κ1) is 18.5. The molecule has 0 fully saturated rings. The summed E-state index contributed by atoms with van der Waals surface area (Å²) >= 11 is 7.01. The van der Waals surface area contributed by atoms with Crippen molar-refractivity contribution in [1.82, 2.24) is 10.6 Å². The smallest absolute Gasteiger partial charge is 0.260 e. The van der Waals surface area contributed by atoms with Gasteiger partial charge in [-0.25, -0.2) is 0 Å². The summed E-state index contributed by atoms with van der Waals surface area (Å²) < 4.78 is 7.43. The highest BCUT2D eigenvalue weighted by atomic mass is 79.9. The molecule has 1 rings (SSSR count). The van der Waals surface area contributed by atoms with E-state index in [4.69, 9.17) is 4.74 Å². The maximum absolute atomic E-state index is 11.9. The SMILES string of the molecule is CCCNC(=O)C(C)Oc1c(Br)cc(CNCC)cc1Br. The van der Waals surface area contributed by atoms with E-state index in [9.17, 15) is 4.79 Å². The van der Waals surface area contributed by atoms with Gasteiger partial charge in [0.2, 0.25) is 0 Å². The number of hydrogen-bond donors (Lipinski definition) is 2. The molecule has 1 aromatic rings. The molecule has 21 heavy (non-hydrogen) atoms. The van der Waals surface area contributed by atoms with E-state index < -0.39 is 6.10 Å². The number of halogens is 2. The molecular formula is C15H22Br2N2O2. The zero-order valence-electron chi connectivity index (χ0n) is 12.6. The Hall–Kier alpha value is -0.590. The van der Waals surface area contributed by atoms with Crippen LogP contribution in [0.15, 0.2) is 21.1 Å². The number of rotatable bonds is 8. The Labute approximate surface area is 143 Å². The number of hydrogen-bond acceptors (Lipinski definition) is 3. The van der Waals surface area contributed by atoms with Crippen LogP contribution >= 0.6 is 31.9 Å². The highest BCUT2D eigenvalue weighted by Gasteiger charge is 2.17. The van der Waals surface area contributed by atoms with Gasteiger partial charge in [0.05, 0.1) is 8.95 Å². The van der Waals surface area contributed by atoms with E-state index in [1.807, 2.05) is 19.1 Å². The second-order valence-electron chi connectivity index (χ2n) is 4.72. The van der Waals surface area contributed by atoms with E-state index in [0.717, 1.165) is 34.0 Å². The Morgan fingerprint density at radius 2 is 1.90 bits per heavy atom. The highest BCUT2D eigenvalue weighted by molar-refractivity contribution is 9.11. The normalized spacial score (nSPS) is 12.0. The van der Waals surface area contributed by atoms with Crippen molar-refractivity contribution < 1.29 is 9.53 Å². The van der Waals surface area contributed by atoms with Crippen molar-refractivity contribution in [1.29, 1.82) is 0 Å². The van der Waals surface area contributed by atoms with E-state index in [-0.39, 0.29) is 5.91 Å². The van der Waals surface area contributed by atoms with Gasteiger partial charge in [-0.15, -0.1) is 0 Å². The Bertz CT molecular complexity index is 458. The quantitative estimate of drug-likeness (QED) is 0.673. The van der Waals surface area contributed by atoms with Gasteiger partial charge in [0.15, 0.2) is 6.10 Å². The summed E-state index contributed by atoms with van der Waals surface area (Å²) in [6.07, 6.45) is 0.370. The van der Waals surface area contributed by atoms with Crippen molar-refractivity contribution in [3.05, 3.63) is 26.6 Å². The lowest BCUT2D eigenvalue weighted by Crippen LogP contribution is -2.36. The summed E-state index contributed by atoms with van der Waals surface area (Å²) in [6.45, 7) is 8.20. The Morgan fingerprint density at radius 3 is 2.43 bits per heavy atom. The van der Waals surface area contributed by atoms with Crippen molar-refractivity contribution in [2.24, 2.45) is 0 Å². The largest absolute Gasteiger partial charge is 0.479 e. The zero-order chi connectivity index (χ0) is 15.8. The van der Waals surface area contributed by atoms with Crippen molar-refractivity contribution in [2.75, 3.05) is 13.1 Å². The van der Waals surface area contributed by atoms with Crippen LogP contribution in [0.1, 0.15) is 32.8 Å². The molecule has 0 aromatic heterocycles. The molecule has 0 aliphatic carbocycles. The van der Waals surface area contributed by atoms with Gasteiger partial charge in [-0.2, -0.15) is 0 Å². The average Bonchev–Trinajstić information content (AvgIpc) is 2.45. The minimum Gasteiger partial charge on any atom is -0.479 e. The van der Waals surface area contributed by atoms with Crippen LogP contribution in [-0.2, 0) is 11.3 Å². The van der Waals surface area contributed by atoms with E-state index in [0.29, 0.717) is 12.3 Å². The minimum absolute atomic E-state index is 0.104. The van der Waals surface area contributed by atoms with E-state index in [2.05, 4.69) is 49.4 Å². The first-order chi connectivity index (χ1) is 9.99. The number of benzene rings is 1. The molecule has 0 saturated heterocycles. The predicted octanol–water partition coefficient (Wildman–Crippen LogP) is 3.61. The molecule has 1 unspecified atom stereocenters. The van der Waals surface area contributed by atoms with E-state index in [1.165, 1.54) is 0 Å². The summed E-state index contributed by atoms with van der Waals surface area (Å²) in [5.74, 6) is 0.543. The van der Waals surface area contributed by atoms with Crippen LogP contribution in [0.3, 0.4) is 0 Å². The molecule has 1 atom stereocenters. The maximum Gasteiger partial charge on any atom is 0.260 e. The summed E-state index contributed by atoms with van der Waals surface area (Å²) in [7, 11) is 0. The van der Waals surface area contributed by atoms with Gasteiger partial charge in [-0.05, 0) is 69.4 Å². The minimum atomic E-state index is -0.538. The third-order valence-corrected chi connectivity index (χ3v) is 4.03. The summed E-state index contributed by atoms with van der Waals surface area (Å²) in [6, 6.07) is 4.00. The van der Waals surface area contributed by atoms with Crippen molar-refractivity contribution in [3.63, 3.8) is 0 Å². The van der Waals surface area contributed by atoms with E-state index in [1.54, 1.807) is 6.92 Å². The lowest BCUT2D eigenvalue weighted by Gasteiger charge is -2.17. The van der Waals surface area contributed by atoms with Crippen molar-refractivity contribution in [3.8, 4) is 5.75 Å². The van der Waals surface area contributed by atoms with Crippen molar-refractivity contribution >= 4 is 37.8 Å².